The molecular formula is C10H12BrNS. The maximum atomic E-state index is 5.34. The molecular weight excluding hydrogens is 246 g/mol. The second kappa shape index (κ2) is 4.80. The van der Waals surface area contributed by atoms with Crippen molar-refractivity contribution in [3.05, 3.63) is 20.8 Å². The fourth-order valence-electron chi connectivity index (χ4n) is 0.954. The molecule has 1 aromatic rings. The van der Waals surface area contributed by atoms with Crippen molar-refractivity contribution in [2.75, 3.05) is 7.05 Å². The lowest BCUT2D eigenvalue weighted by Gasteiger charge is -2.19. The molecule has 0 aliphatic heterocycles. The third-order valence-electron chi connectivity index (χ3n) is 2.01. The molecule has 13 heavy (non-hydrogen) atoms. The van der Waals surface area contributed by atoms with E-state index in [-0.39, 0.29) is 6.04 Å². The number of halogens is 1. The first kappa shape index (κ1) is 10.8. The summed E-state index contributed by atoms with van der Waals surface area (Å²) < 4.78 is 1.17. The lowest BCUT2D eigenvalue weighted by Crippen LogP contribution is -2.26. The predicted molar refractivity (Wildman–Crippen MR) is 61.8 cm³/mol. The van der Waals surface area contributed by atoms with E-state index in [1.54, 1.807) is 11.3 Å². The molecule has 0 fully saturated rings. The minimum atomic E-state index is 0.187. The molecule has 1 heterocycles. The van der Waals surface area contributed by atoms with Crippen LogP contribution >= 0.6 is 27.3 Å². The van der Waals surface area contributed by atoms with Gasteiger partial charge in [0.1, 0.15) is 0 Å². The van der Waals surface area contributed by atoms with Crippen LogP contribution in [0.1, 0.15) is 12.5 Å². The highest BCUT2D eigenvalue weighted by molar-refractivity contribution is 9.10. The Morgan fingerprint density at radius 1 is 1.69 bits per heavy atom. The van der Waals surface area contributed by atoms with E-state index >= 15 is 0 Å². The Hall–Kier alpha value is -0.300. The molecule has 1 atom stereocenters. The highest BCUT2D eigenvalue weighted by atomic mass is 79.9. The number of terminal acetylenes is 1. The van der Waals surface area contributed by atoms with Crippen LogP contribution in [0.25, 0.3) is 0 Å². The Morgan fingerprint density at radius 2 is 2.38 bits per heavy atom. The van der Waals surface area contributed by atoms with Gasteiger partial charge in [0, 0.05) is 16.4 Å². The lowest BCUT2D eigenvalue weighted by molar-refractivity contribution is 0.296. The van der Waals surface area contributed by atoms with Crippen molar-refractivity contribution < 1.29 is 0 Å². The molecule has 1 nitrogen and oxygen atoms in total. The summed E-state index contributed by atoms with van der Waals surface area (Å²) in [6, 6.07) is 0.187. The Bertz CT molecular complexity index is 313. The van der Waals surface area contributed by atoms with Gasteiger partial charge in [-0.05, 0) is 40.8 Å². The van der Waals surface area contributed by atoms with Crippen LogP contribution in [0.5, 0.6) is 0 Å². The highest BCUT2D eigenvalue weighted by Crippen LogP contribution is 2.22. The second-order valence-corrected chi connectivity index (χ2v) is 4.60. The van der Waals surface area contributed by atoms with Crippen molar-refractivity contribution in [2.24, 2.45) is 0 Å². The van der Waals surface area contributed by atoms with Crippen molar-refractivity contribution in [1.29, 1.82) is 0 Å². The van der Waals surface area contributed by atoms with E-state index in [9.17, 15) is 0 Å². The number of thiophene rings is 1. The van der Waals surface area contributed by atoms with Gasteiger partial charge < -0.3 is 0 Å². The van der Waals surface area contributed by atoms with Gasteiger partial charge in [-0.15, -0.1) is 6.42 Å². The van der Waals surface area contributed by atoms with Gasteiger partial charge in [0.05, 0.1) is 6.04 Å². The first-order valence-electron chi connectivity index (χ1n) is 4.02. The monoisotopic (exact) mass is 257 g/mol. The van der Waals surface area contributed by atoms with Crippen LogP contribution in [0, 0.1) is 12.3 Å². The van der Waals surface area contributed by atoms with Crippen molar-refractivity contribution in [3.63, 3.8) is 0 Å². The van der Waals surface area contributed by atoms with Crippen molar-refractivity contribution in [3.8, 4) is 12.3 Å². The average molecular weight is 258 g/mol. The summed E-state index contributed by atoms with van der Waals surface area (Å²) in [4.78, 5) is 2.15. The normalized spacial score (nSPS) is 12.8. The van der Waals surface area contributed by atoms with Crippen LogP contribution in [0.15, 0.2) is 15.2 Å². The van der Waals surface area contributed by atoms with Gasteiger partial charge in [-0.25, -0.2) is 0 Å². The first-order chi connectivity index (χ1) is 6.15. The summed E-state index contributed by atoms with van der Waals surface area (Å²) in [6.07, 6.45) is 5.34. The minimum absolute atomic E-state index is 0.187. The molecule has 0 amide bonds. The topological polar surface area (TPSA) is 3.24 Å². The second-order valence-electron chi connectivity index (χ2n) is 3.00. The van der Waals surface area contributed by atoms with E-state index in [1.807, 2.05) is 14.0 Å². The number of hydrogen-bond acceptors (Lipinski definition) is 2. The molecule has 0 N–H and O–H groups in total. The fraction of sp³-hybridized carbons (Fsp3) is 0.400. The van der Waals surface area contributed by atoms with Gasteiger partial charge in [-0.3, -0.25) is 4.90 Å². The standard InChI is InChI=1S/C10H12BrNS/c1-4-8(2)12(3)5-9-6-13-7-10(9)11/h1,6-8H,5H2,2-3H3. The lowest BCUT2D eigenvalue weighted by atomic mass is 10.2. The molecule has 3 heteroatoms. The van der Waals surface area contributed by atoms with Crippen LogP contribution in [-0.4, -0.2) is 18.0 Å². The van der Waals surface area contributed by atoms with Crippen LogP contribution < -0.4 is 0 Å². The summed E-state index contributed by atoms with van der Waals surface area (Å²) in [6.45, 7) is 2.93. The molecule has 0 saturated carbocycles. The summed E-state index contributed by atoms with van der Waals surface area (Å²) in [5.41, 5.74) is 1.30. The van der Waals surface area contributed by atoms with Crippen molar-refractivity contribution in [2.45, 2.75) is 19.5 Å². The van der Waals surface area contributed by atoms with Gasteiger partial charge in [-0.1, -0.05) is 5.92 Å². The number of nitrogens with zero attached hydrogens (tertiary/aromatic N) is 1. The zero-order chi connectivity index (χ0) is 9.84. The van der Waals surface area contributed by atoms with Crippen molar-refractivity contribution >= 4 is 27.3 Å². The molecule has 0 aliphatic rings. The summed E-state index contributed by atoms with van der Waals surface area (Å²) in [7, 11) is 2.04. The quantitative estimate of drug-likeness (QED) is 0.753. The Balaban J connectivity index is 2.60. The minimum Gasteiger partial charge on any atom is -0.289 e. The fourth-order valence-corrected chi connectivity index (χ4v) is 2.37. The van der Waals surface area contributed by atoms with E-state index in [4.69, 9.17) is 6.42 Å². The van der Waals surface area contributed by atoms with E-state index in [0.717, 1.165) is 6.54 Å². The largest absolute Gasteiger partial charge is 0.289 e. The Kier molecular flexibility index (Phi) is 3.98. The maximum Gasteiger partial charge on any atom is 0.0683 e. The van der Waals surface area contributed by atoms with Gasteiger partial charge in [0.15, 0.2) is 0 Å². The van der Waals surface area contributed by atoms with Gasteiger partial charge >= 0.3 is 0 Å². The summed E-state index contributed by atoms with van der Waals surface area (Å²) >= 11 is 5.20. The third-order valence-corrected chi connectivity index (χ3v) is 3.84. The molecule has 0 aliphatic carbocycles. The SMILES string of the molecule is C#CC(C)N(C)Cc1cscc1Br. The van der Waals surface area contributed by atoms with Crippen LogP contribution in [0.3, 0.4) is 0 Å². The highest BCUT2D eigenvalue weighted by Gasteiger charge is 2.08. The molecule has 1 aromatic heterocycles. The predicted octanol–water partition coefficient (Wildman–Crippen LogP) is 2.96. The Morgan fingerprint density at radius 3 is 2.85 bits per heavy atom. The summed E-state index contributed by atoms with van der Waals surface area (Å²) in [5, 5.41) is 4.23. The summed E-state index contributed by atoms with van der Waals surface area (Å²) in [5.74, 6) is 2.71. The van der Waals surface area contributed by atoms with Crippen LogP contribution in [-0.2, 0) is 6.54 Å². The third kappa shape index (κ3) is 2.84. The van der Waals surface area contributed by atoms with Gasteiger partial charge in [-0.2, -0.15) is 11.3 Å². The molecule has 1 unspecified atom stereocenters. The molecule has 70 valence electrons. The van der Waals surface area contributed by atoms with E-state index in [2.05, 4.69) is 37.5 Å². The molecule has 1 rings (SSSR count). The number of rotatable bonds is 3. The number of hydrogen-bond donors (Lipinski definition) is 0. The first-order valence-corrected chi connectivity index (χ1v) is 5.75. The Labute approximate surface area is 91.9 Å². The van der Waals surface area contributed by atoms with Gasteiger partial charge in [0.2, 0.25) is 0 Å². The molecule has 0 spiro atoms. The molecule has 0 saturated heterocycles. The molecule has 0 radical (unpaired) electrons. The zero-order valence-corrected chi connectivity index (χ0v) is 10.2. The van der Waals surface area contributed by atoms with E-state index in [1.165, 1.54) is 10.0 Å². The molecule has 0 aromatic carbocycles. The van der Waals surface area contributed by atoms with Gasteiger partial charge in [0.25, 0.3) is 0 Å². The average Bonchev–Trinajstić information content (AvgIpc) is 2.50. The maximum absolute atomic E-state index is 5.34. The van der Waals surface area contributed by atoms with E-state index in [0.29, 0.717) is 0 Å². The van der Waals surface area contributed by atoms with Crippen LogP contribution in [0.4, 0.5) is 0 Å². The zero-order valence-electron chi connectivity index (χ0n) is 7.75. The smallest absolute Gasteiger partial charge is 0.0683 e. The van der Waals surface area contributed by atoms with E-state index < -0.39 is 0 Å². The van der Waals surface area contributed by atoms with Crippen LogP contribution in [0.2, 0.25) is 0 Å². The molecule has 0 bridgehead atoms. The van der Waals surface area contributed by atoms with Crippen molar-refractivity contribution in [1.82, 2.24) is 4.90 Å².